The molecule has 5 nitrogen and oxygen atoms in total. The van der Waals surface area contributed by atoms with E-state index in [9.17, 15) is 9.59 Å². The zero-order valence-corrected chi connectivity index (χ0v) is 33.3. The lowest BCUT2D eigenvalue weighted by molar-refractivity contribution is -0.871. The molecule has 0 aliphatic rings. The van der Waals surface area contributed by atoms with E-state index in [1.54, 1.807) is 0 Å². The Kier molecular flexibility index (Phi) is 37.5. The van der Waals surface area contributed by atoms with Crippen LogP contribution in [0.2, 0.25) is 0 Å². The fourth-order valence-electron chi connectivity index (χ4n) is 5.73. The Bertz CT molecular complexity index is 707. The quantitative estimate of drug-likeness (QED) is 0.0218. The molecule has 0 saturated carbocycles. The number of carbonyl (C=O) groups is 2. The van der Waals surface area contributed by atoms with E-state index >= 15 is 0 Å². The molecule has 0 aliphatic carbocycles. The van der Waals surface area contributed by atoms with Crippen molar-refractivity contribution in [1.29, 1.82) is 0 Å². The molecule has 6 heteroatoms. The number of allylic oxidation sites excluding steroid dienone is 4. The predicted molar refractivity (Wildman–Crippen MR) is 202 cm³/mol. The fourth-order valence-corrected chi connectivity index (χ4v) is 5.73. The first-order chi connectivity index (χ1) is 22.8. The first kappa shape index (κ1) is 48.8. The van der Waals surface area contributed by atoms with Crippen molar-refractivity contribution in [3.63, 3.8) is 0 Å². The van der Waals surface area contributed by atoms with E-state index in [1.165, 1.54) is 116 Å². The van der Waals surface area contributed by atoms with Gasteiger partial charge in [0.1, 0.15) is 0 Å². The average molecular weight is 699 g/mol. The molecule has 0 fully saturated rings. The number of rotatable bonds is 35. The second kappa shape index (κ2) is 36.9. The molecule has 0 bridgehead atoms. The minimum Gasteiger partial charge on any atom is -1.00 e. The summed E-state index contributed by atoms with van der Waals surface area (Å²) in [5.41, 5.74) is 0. The number of ether oxygens (including phenoxy) is 2. The molecule has 0 aromatic carbocycles. The van der Waals surface area contributed by atoms with E-state index in [-0.39, 0.29) is 24.3 Å². The Morgan fingerprint density at radius 1 is 0.479 bits per heavy atom. The van der Waals surface area contributed by atoms with Gasteiger partial charge in [-0.3, -0.25) is 9.59 Å². The van der Waals surface area contributed by atoms with Crippen LogP contribution in [-0.4, -0.2) is 50.4 Å². The summed E-state index contributed by atoms with van der Waals surface area (Å²) in [7, 11) is 6.28. The predicted octanol–water partition coefficient (Wildman–Crippen LogP) is 9.57. The van der Waals surface area contributed by atoms with Crippen molar-refractivity contribution in [1.82, 2.24) is 0 Å². The molecule has 0 heterocycles. The van der Waals surface area contributed by atoms with Crippen molar-refractivity contribution in [2.24, 2.45) is 0 Å². The fraction of sp³-hybridized carbons (Fsp3) is 0.857. The molecule has 0 amide bonds. The number of carbonyl (C=O) groups excluding carboxylic acids is 2. The van der Waals surface area contributed by atoms with E-state index in [0.29, 0.717) is 19.3 Å². The first-order valence-electron chi connectivity index (χ1n) is 20.3. The molecule has 0 saturated heterocycles. The van der Waals surface area contributed by atoms with E-state index in [0.717, 1.165) is 62.4 Å². The highest BCUT2D eigenvalue weighted by Crippen LogP contribution is 2.15. The number of quaternary nitrogens is 1. The number of esters is 2. The number of hydrogen-bond donors (Lipinski definition) is 0. The molecular formula is C42H80ClNO4. The summed E-state index contributed by atoms with van der Waals surface area (Å²) in [4.78, 5) is 25.1. The van der Waals surface area contributed by atoms with Gasteiger partial charge in [0.2, 0.25) is 0 Å². The minimum absolute atomic E-state index is 0. The molecule has 0 radical (unpaired) electrons. The summed E-state index contributed by atoms with van der Waals surface area (Å²) in [6.45, 7) is 5.30. The maximum Gasteiger partial charge on any atom is 0.308 e. The molecule has 0 N–H and O–H groups in total. The molecule has 0 aromatic rings. The third-order valence-corrected chi connectivity index (χ3v) is 8.85. The second-order valence-corrected chi connectivity index (χ2v) is 14.9. The molecule has 0 rings (SSSR count). The maximum absolute atomic E-state index is 12.6. The molecule has 0 aromatic heterocycles. The number of halogens is 1. The Balaban J connectivity index is 0. The molecule has 0 atom stereocenters. The number of nitrogens with zero attached hydrogens (tertiary/aromatic N) is 1. The van der Waals surface area contributed by atoms with Crippen LogP contribution in [0.1, 0.15) is 200 Å². The van der Waals surface area contributed by atoms with Crippen LogP contribution >= 0.6 is 0 Å². The summed E-state index contributed by atoms with van der Waals surface area (Å²) in [6, 6.07) is 0. The van der Waals surface area contributed by atoms with Crippen LogP contribution in [0, 0.1) is 0 Å². The third kappa shape index (κ3) is 39.1. The summed E-state index contributed by atoms with van der Waals surface area (Å²) in [6.07, 6.45) is 41.9. The number of hydrogen-bond acceptors (Lipinski definition) is 4. The molecular weight excluding hydrogens is 618 g/mol. The monoisotopic (exact) mass is 698 g/mol. The lowest BCUT2D eigenvalue weighted by atomic mass is 10.1. The largest absolute Gasteiger partial charge is 1.00 e. The van der Waals surface area contributed by atoms with Gasteiger partial charge in [-0.05, 0) is 64.2 Å². The van der Waals surface area contributed by atoms with Gasteiger partial charge in [-0.1, -0.05) is 141 Å². The van der Waals surface area contributed by atoms with Gasteiger partial charge in [0.15, 0.2) is 0 Å². The zero-order valence-electron chi connectivity index (χ0n) is 32.6. The van der Waals surface area contributed by atoms with Crippen LogP contribution < -0.4 is 12.4 Å². The lowest BCUT2D eigenvalue weighted by Crippen LogP contribution is -3.00. The van der Waals surface area contributed by atoms with Gasteiger partial charge < -0.3 is 26.4 Å². The topological polar surface area (TPSA) is 52.6 Å². The van der Waals surface area contributed by atoms with Crippen molar-refractivity contribution < 1.29 is 36.0 Å². The van der Waals surface area contributed by atoms with Gasteiger partial charge >= 0.3 is 11.9 Å². The van der Waals surface area contributed by atoms with Gasteiger partial charge in [-0.15, -0.1) is 0 Å². The van der Waals surface area contributed by atoms with Gasteiger partial charge in [0.05, 0.1) is 34.1 Å². The van der Waals surface area contributed by atoms with Crippen molar-refractivity contribution in [2.45, 2.75) is 206 Å². The van der Waals surface area contributed by atoms with E-state index in [1.807, 2.05) is 0 Å². The van der Waals surface area contributed by atoms with Crippen LogP contribution in [0.5, 0.6) is 0 Å². The van der Waals surface area contributed by atoms with E-state index < -0.39 is 6.29 Å². The van der Waals surface area contributed by atoms with Gasteiger partial charge in [-0.2, -0.15) is 0 Å². The molecule has 284 valence electrons. The third-order valence-electron chi connectivity index (χ3n) is 8.85. The lowest BCUT2D eigenvalue weighted by Gasteiger charge is -2.26. The maximum atomic E-state index is 12.6. The van der Waals surface area contributed by atoms with Gasteiger partial charge in [-0.25, -0.2) is 0 Å². The highest BCUT2D eigenvalue weighted by molar-refractivity contribution is 5.71. The summed E-state index contributed by atoms with van der Waals surface area (Å²) >= 11 is 0. The molecule has 48 heavy (non-hydrogen) atoms. The normalized spacial score (nSPS) is 12.4. The van der Waals surface area contributed by atoms with Gasteiger partial charge in [0.25, 0.3) is 6.29 Å². The minimum atomic E-state index is -0.779. The smallest absolute Gasteiger partial charge is 0.308 e. The molecule has 0 unspecified atom stereocenters. The second-order valence-electron chi connectivity index (χ2n) is 14.9. The van der Waals surface area contributed by atoms with Crippen molar-refractivity contribution in [3.05, 3.63) is 24.3 Å². The van der Waals surface area contributed by atoms with E-state index in [2.05, 4.69) is 59.3 Å². The van der Waals surface area contributed by atoms with E-state index in [4.69, 9.17) is 9.47 Å². The Hall–Kier alpha value is -1.33. The van der Waals surface area contributed by atoms with Crippen molar-refractivity contribution in [3.8, 4) is 0 Å². The van der Waals surface area contributed by atoms with Crippen LogP contribution in [0.25, 0.3) is 0 Å². The number of unbranched alkanes of at least 4 members (excludes halogenated alkanes) is 22. The highest BCUT2D eigenvalue weighted by atomic mass is 35.5. The zero-order chi connectivity index (χ0) is 34.7. The first-order valence-corrected chi connectivity index (χ1v) is 20.3. The Labute approximate surface area is 305 Å². The van der Waals surface area contributed by atoms with Crippen LogP contribution in [0.15, 0.2) is 24.3 Å². The average Bonchev–Trinajstić information content (AvgIpc) is 3.03. The van der Waals surface area contributed by atoms with Crippen LogP contribution in [0.4, 0.5) is 0 Å². The molecule has 0 spiro atoms. The van der Waals surface area contributed by atoms with Crippen molar-refractivity contribution >= 4 is 11.9 Å². The van der Waals surface area contributed by atoms with Crippen LogP contribution in [-0.2, 0) is 19.1 Å². The van der Waals surface area contributed by atoms with Crippen LogP contribution in [0.3, 0.4) is 0 Å². The summed E-state index contributed by atoms with van der Waals surface area (Å²) < 4.78 is 12.0. The standard InChI is InChI=1S/C42H80NO4.ClH/c1-6-8-10-12-14-16-18-20-22-24-26-28-30-32-34-36-40(44)46-42(38-39-43(3,4)5)47-41(45)37-35-33-31-29-27-25-23-21-19-17-15-13-11-9-7-2;/h20-23,42H,6-19,24-39H2,1-5H3;1H/q+1;/p-1. The summed E-state index contributed by atoms with van der Waals surface area (Å²) in [5, 5.41) is 0. The Morgan fingerprint density at radius 3 is 1.08 bits per heavy atom. The SMILES string of the molecule is CCCCCCCCC=CCCCCCCCC(=O)OC(CC[N+](C)(C)C)OC(=O)CCCCCCCC=CCCCCCCCC.[Cl-]. The highest BCUT2D eigenvalue weighted by Gasteiger charge is 2.22. The van der Waals surface area contributed by atoms with Gasteiger partial charge in [0, 0.05) is 12.8 Å². The van der Waals surface area contributed by atoms with Crippen molar-refractivity contribution in [2.75, 3.05) is 27.7 Å². The Morgan fingerprint density at radius 2 is 0.771 bits per heavy atom. The molecule has 0 aliphatic heterocycles. The summed E-state index contributed by atoms with van der Waals surface area (Å²) in [5.74, 6) is -0.495.